The summed E-state index contributed by atoms with van der Waals surface area (Å²) in [5.41, 5.74) is 0.322. The first kappa shape index (κ1) is 12.9. The lowest BCUT2D eigenvalue weighted by molar-refractivity contribution is -0.191. The molecule has 0 unspecified atom stereocenters. The van der Waals surface area contributed by atoms with Gasteiger partial charge in [-0.15, -0.1) is 0 Å². The molecule has 0 bridgehead atoms. The fraction of sp³-hybridized carbons (Fsp3) is 0.158. The predicted molar refractivity (Wildman–Crippen MR) is 96.3 cm³/mol. The van der Waals surface area contributed by atoms with Crippen LogP contribution in [0, 0.1) is 12.7 Å². The standard InChI is InChI=1S/C18H16FNO5S.CO2/c1-11-7-8-13(9-14(11)19)16-15(21)17(18(20)24-16)25-26(22,23)10-12-5-3-2-4-6-12;2-1-3/h2-9,16H,10,20H2,1H3;/t16-;/m0./s1/i2D,3D,4D,5D,6D,10D2,16D;. The third-order valence-corrected chi connectivity index (χ3v) is 4.04. The minimum absolute atomic E-state index is 0.185. The van der Waals surface area contributed by atoms with Gasteiger partial charge < -0.3 is 14.7 Å². The molecule has 2 aromatic rings. The zero-order chi connectivity index (χ0) is 28.7. The molecule has 0 spiro atoms. The number of carbonyl (C=O) groups is 1. The fourth-order valence-corrected chi connectivity index (χ4v) is 2.75. The Hall–Kier alpha value is -3.49. The van der Waals surface area contributed by atoms with Gasteiger partial charge in [-0.1, -0.05) is 42.3 Å². The van der Waals surface area contributed by atoms with Crippen LogP contribution >= 0.6 is 0 Å². The van der Waals surface area contributed by atoms with E-state index in [2.05, 4.69) is 4.18 Å². The quantitative estimate of drug-likeness (QED) is 0.713. The predicted octanol–water partition coefficient (Wildman–Crippen LogP) is 1.87. The Morgan fingerprint density at radius 3 is 2.55 bits per heavy atom. The maximum absolute atomic E-state index is 14.0. The van der Waals surface area contributed by atoms with E-state index in [1.807, 2.05) is 0 Å². The minimum Gasteiger partial charge on any atom is -0.460 e. The van der Waals surface area contributed by atoms with Crippen molar-refractivity contribution in [2.75, 3.05) is 0 Å². The number of carbonyl (C=O) groups excluding carboxylic acids is 3. The normalized spacial score (nSPS) is 22.8. The van der Waals surface area contributed by atoms with Gasteiger partial charge >= 0.3 is 16.3 Å². The monoisotopic (exact) mass is 429 g/mol. The SMILES string of the molecule is O=C=O.[2H]c1c([2H])c([2H])c(C([2H])([2H])S(=O)(=O)OC2=C(N)O[C@@]([2H])(c3ccc(C)c(F)c3)C2=O)c([2H])c1[2H]. The molecule has 0 radical (unpaired) electrons. The van der Waals surface area contributed by atoms with Crippen molar-refractivity contribution in [2.45, 2.75) is 18.7 Å². The van der Waals surface area contributed by atoms with Crippen LogP contribution in [0.3, 0.4) is 0 Å². The zero-order valence-electron chi connectivity index (χ0n) is 22.5. The number of ketones is 1. The van der Waals surface area contributed by atoms with Crippen molar-refractivity contribution in [1.29, 1.82) is 0 Å². The Kier molecular flexibility index (Phi) is 4.05. The van der Waals surface area contributed by atoms with E-state index in [0.29, 0.717) is 0 Å². The first-order valence-corrected chi connectivity index (χ1v) is 8.80. The number of rotatable bonds is 5. The number of Topliss-reactive ketones (excluding diaryl/α,β-unsaturated/α-hetero) is 1. The van der Waals surface area contributed by atoms with Gasteiger partial charge in [-0.05, 0) is 24.1 Å². The molecular formula is C19H16FNO7S. The molecule has 8 nitrogen and oxygen atoms in total. The third kappa shape index (κ3) is 5.50. The van der Waals surface area contributed by atoms with Crippen LogP contribution < -0.4 is 5.73 Å². The van der Waals surface area contributed by atoms with Crippen LogP contribution in [0.1, 0.15) is 33.7 Å². The second-order valence-corrected chi connectivity index (χ2v) is 6.42. The highest BCUT2D eigenvalue weighted by Gasteiger charge is 2.39. The first-order chi connectivity index (χ1) is 16.9. The smallest absolute Gasteiger partial charge is 0.373 e. The molecule has 1 atom stereocenters. The summed E-state index contributed by atoms with van der Waals surface area (Å²) in [6, 6.07) is -1.98. The highest BCUT2D eigenvalue weighted by molar-refractivity contribution is 7.86. The van der Waals surface area contributed by atoms with Crippen molar-refractivity contribution in [1.82, 2.24) is 0 Å². The molecule has 0 fully saturated rings. The molecule has 10 heteroatoms. The molecular weight excluding hydrogens is 405 g/mol. The molecule has 2 N–H and O–H groups in total. The van der Waals surface area contributed by atoms with E-state index >= 15 is 0 Å². The number of aryl methyl sites for hydroxylation is 1. The maximum atomic E-state index is 14.0. The lowest BCUT2D eigenvalue weighted by atomic mass is 10.0. The van der Waals surface area contributed by atoms with Crippen LogP contribution in [-0.2, 0) is 39.1 Å². The lowest BCUT2D eigenvalue weighted by Crippen LogP contribution is -2.16. The Labute approximate surface area is 177 Å². The molecule has 1 aliphatic rings. The van der Waals surface area contributed by atoms with Crippen molar-refractivity contribution in [2.24, 2.45) is 5.73 Å². The summed E-state index contributed by atoms with van der Waals surface area (Å²) in [6.07, 6.45) is -2.49. The van der Waals surface area contributed by atoms with Crippen LogP contribution in [-0.4, -0.2) is 20.4 Å². The Balaban J connectivity index is 0.00000153. The molecule has 0 amide bonds. The van der Waals surface area contributed by atoms with Gasteiger partial charge in [0.1, 0.15) is 11.5 Å². The van der Waals surface area contributed by atoms with E-state index in [0.717, 1.165) is 6.07 Å². The second-order valence-electron chi connectivity index (χ2n) is 5.14. The molecule has 0 saturated heterocycles. The average molecular weight is 429 g/mol. The van der Waals surface area contributed by atoms with E-state index in [-0.39, 0.29) is 17.3 Å². The number of hydrogen-bond acceptors (Lipinski definition) is 8. The second kappa shape index (κ2) is 9.13. The van der Waals surface area contributed by atoms with Crippen molar-refractivity contribution < 1.29 is 47.1 Å². The molecule has 29 heavy (non-hydrogen) atoms. The van der Waals surface area contributed by atoms with Crippen molar-refractivity contribution in [3.63, 3.8) is 0 Å². The van der Waals surface area contributed by atoms with Crippen LogP contribution in [0.25, 0.3) is 0 Å². The van der Waals surface area contributed by atoms with Gasteiger partial charge in [0.2, 0.25) is 17.4 Å². The van der Waals surface area contributed by atoms with Crippen LogP contribution in [0.2, 0.25) is 0 Å². The van der Waals surface area contributed by atoms with E-state index in [1.54, 1.807) is 0 Å². The summed E-state index contributed by atoms with van der Waals surface area (Å²) in [6.45, 7) is 1.42. The molecule has 2 aromatic carbocycles. The molecule has 0 aromatic heterocycles. The molecule has 1 aliphatic heterocycles. The lowest BCUT2D eigenvalue weighted by Gasteiger charge is -2.10. The number of hydrogen-bond donors (Lipinski definition) is 1. The van der Waals surface area contributed by atoms with E-state index < -0.39 is 80.9 Å². The molecule has 3 rings (SSSR count). The van der Waals surface area contributed by atoms with Gasteiger partial charge in [0, 0.05) is 5.56 Å². The van der Waals surface area contributed by atoms with Gasteiger partial charge in [0.15, 0.2) is 6.08 Å². The molecule has 0 aliphatic carbocycles. The highest BCUT2D eigenvalue weighted by atomic mass is 32.2. The Morgan fingerprint density at radius 2 is 1.97 bits per heavy atom. The topological polar surface area (TPSA) is 130 Å². The Morgan fingerprint density at radius 1 is 1.34 bits per heavy atom. The van der Waals surface area contributed by atoms with E-state index in [1.165, 1.54) is 19.1 Å². The molecule has 1 heterocycles. The van der Waals surface area contributed by atoms with Crippen molar-refractivity contribution in [3.05, 3.63) is 82.6 Å². The van der Waals surface area contributed by atoms with E-state index in [4.69, 9.17) is 31.0 Å². The van der Waals surface area contributed by atoms with Gasteiger partial charge in [0.25, 0.3) is 0 Å². The van der Waals surface area contributed by atoms with Gasteiger partial charge in [0.05, 0.1) is 11.0 Å². The first-order valence-electron chi connectivity index (χ1n) is 11.4. The fourth-order valence-electron chi connectivity index (χ4n) is 1.98. The summed E-state index contributed by atoms with van der Waals surface area (Å²) >= 11 is 0. The summed E-state index contributed by atoms with van der Waals surface area (Å²) in [7, 11) is -5.63. The Bertz CT molecular complexity index is 1450. The molecule has 0 saturated carbocycles. The maximum Gasteiger partial charge on any atom is 0.373 e. The summed E-state index contributed by atoms with van der Waals surface area (Å²) in [5, 5.41) is 0. The number of halogens is 1. The highest BCUT2D eigenvalue weighted by Crippen LogP contribution is 2.33. The summed E-state index contributed by atoms with van der Waals surface area (Å²) in [5.74, 6) is -4.58. The summed E-state index contributed by atoms with van der Waals surface area (Å²) in [4.78, 5) is 29.1. The number of benzene rings is 2. The largest absolute Gasteiger partial charge is 0.460 e. The van der Waals surface area contributed by atoms with Crippen molar-refractivity contribution in [3.8, 4) is 0 Å². The number of ether oxygens (including phenoxy) is 1. The average Bonchev–Trinajstić information content (AvgIpc) is 3.02. The van der Waals surface area contributed by atoms with Gasteiger partial charge in [-0.3, -0.25) is 4.79 Å². The zero-order valence-corrected chi connectivity index (χ0v) is 15.3. The molecule has 152 valence electrons. The summed E-state index contributed by atoms with van der Waals surface area (Å²) < 4.78 is 112. The van der Waals surface area contributed by atoms with E-state index in [9.17, 15) is 17.6 Å². The van der Waals surface area contributed by atoms with Gasteiger partial charge in [-0.25, -0.2) is 4.39 Å². The van der Waals surface area contributed by atoms with Crippen LogP contribution in [0.4, 0.5) is 4.39 Å². The van der Waals surface area contributed by atoms with Crippen LogP contribution in [0.15, 0.2) is 60.1 Å². The van der Waals surface area contributed by atoms with Gasteiger partial charge in [-0.2, -0.15) is 18.0 Å². The number of nitrogens with two attached hydrogens (primary N) is 1. The third-order valence-electron chi connectivity index (χ3n) is 3.20. The van der Waals surface area contributed by atoms with Crippen molar-refractivity contribution >= 4 is 22.1 Å². The minimum atomic E-state index is -5.63. The van der Waals surface area contributed by atoms with Crippen LogP contribution in [0.5, 0.6) is 0 Å².